The number of nitro benzene ring substituents is 1. The molecule has 8 nitrogen and oxygen atoms in total. The molecule has 0 unspecified atom stereocenters. The number of likely N-dealkylation sites (tertiary alicyclic amines) is 1. The predicted octanol–water partition coefficient (Wildman–Crippen LogP) is 1.86. The van der Waals surface area contributed by atoms with Crippen LogP contribution in [-0.4, -0.2) is 50.1 Å². The maximum atomic E-state index is 12.6. The zero-order valence-electron chi connectivity index (χ0n) is 12.7. The second-order valence-electron chi connectivity index (χ2n) is 4.80. The van der Waals surface area contributed by atoms with Crippen molar-refractivity contribution in [2.45, 2.75) is 12.8 Å². The van der Waals surface area contributed by atoms with Crippen molar-refractivity contribution in [1.29, 1.82) is 0 Å². The zero-order chi connectivity index (χ0) is 16.3. The van der Waals surface area contributed by atoms with E-state index in [1.54, 1.807) is 4.90 Å². The Morgan fingerprint density at radius 3 is 2.18 bits per heavy atom. The van der Waals surface area contributed by atoms with E-state index in [2.05, 4.69) is 0 Å². The molecule has 0 aliphatic carbocycles. The Hall–Kier alpha value is -2.51. The second-order valence-corrected chi connectivity index (χ2v) is 4.80. The zero-order valence-corrected chi connectivity index (χ0v) is 12.7. The van der Waals surface area contributed by atoms with Gasteiger partial charge in [-0.1, -0.05) is 0 Å². The summed E-state index contributed by atoms with van der Waals surface area (Å²) < 4.78 is 15.4. The van der Waals surface area contributed by atoms with Gasteiger partial charge in [-0.05, 0) is 12.8 Å². The van der Waals surface area contributed by atoms with E-state index in [1.165, 1.54) is 27.4 Å². The molecule has 1 heterocycles. The second kappa shape index (κ2) is 6.50. The lowest BCUT2D eigenvalue weighted by Gasteiger charge is -2.18. The molecule has 1 fully saturated rings. The number of benzene rings is 1. The molecule has 2 rings (SSSR count). The molecule has 0 spiro atoms. The summed E-state index contributed by atoms with van der Waals surface area (Å²) in [5.41, 5.74) is -0.460. The Balaban J connectivity index is 2.65. The number of nitrogens with zero attached hydrogens (tertiary/aromatic N) is 2. The highest BCUT2D eigenvalue weighted by Gasteiger charge is 2.34. The summed E-state index contributed by atoms with van der Waals surface area (Å²) in [4.78, 5) is 25.0. The SMILES string of the molecule is COc1cc(C(=O)N2CCCC2)c([N+](=O)[O-])c(OC)c1OC. The van der Waals surface area contributed by atoms with Crippen LogP contribution >= 0.6 is 0 Å². The van der Waals surface area contributed by atoms with Crippen molar-refractivity contribution in [2.75, 3.05) is 34.4 Å². The highest BCUT2D eigenvalue weighted by Crippen LogP contribution is 2.46. The standard InChI is InChI=1S/C14H18N2O6/c1-20-10-8-9(14(17)15-6-4-5-7-15)11(16(18)19)13(22-3)12(10)21-2/h8H,4-7H2,1-3H3. The molecule has 120 valence electrons. The van der Waals surface area contributed by atoms with Gasteiger partial charge in [-0.3, -0.25) is 14.9 Å². The van der Waals surface area contributed by atoms with Crippen LogP contribution in [0, 0.1) is 10.1 Å². The Kier molecular flexibility index (Phi) is 4.69. The molecule has 0 bridgehead atoms. The molecule has 0 N–H and O–H groups in total. The van der Waals surface area contributed by atoms with Gasteiger partial charge >= 0.3 is 5.69 Å². The third-order valence-electron chi connectivity index (χ3n) is 3.61. The molecule has 1 amide bonds. The molecule has 1 aromatic carbocycles. The largest absolute Gasteiger partial charge is 0.493 e. The summed E-state index contributed by atoms with van der Waals surface area (Å²) >= 11 is 0. The van der Waals surface area contributed by atoms with Crippen LogP contribution in [0.5, 0.6) is 17.2 Å². The van der Waals surface area contributed by atoms with Crippen LogP contribution in [0.1, 0.15) is 23.2 Å². The highest BCUT2D eigenvalue weighted by molar-refractivity contribution is 6.00. The number of methoxy groups -OCH3 is 3. The molecule has 22 heavy (non-hydrogen) atoms. The van der Waals surface area contributed by atoms with E-state index in [9.17, 15) is 14.9 Å². The van der Waals surface area contributed by atoms with Crippen molar-refractivity contribution < 1.29 is 23.9 Å². The van der Waals surface area contributed by atoms with Crippen LogP contribution in [0.4, 0.5) is 5.69 Å². The number of hydrogen-bond acceptors (Lipinski definition) is 6. The Morgan fingerprint density at radius 1 is 1.14 bits per heavy atom. The van der Waals surface area contributed by atoms with Crippen LogP contribution in [0.2, 0.25) is 0 Å². The lowest BCUT2D eigenvalue weighted by Crippen LogP contribution is -2.28. The first-order valence-corrected chi connectivity index (χ1v) is 6.81. The Bertz CT molecular complexity index is 595. The summed E-state index contributed by atoms with van der Waals surface area (Å²) in [5, 5.41) is 11.4. The third-order valence-corrected chi connectivity index (χ3v) is 3.61. The van der Waals surface area contributed by atoms with Crippen LogP contribution in [0.15, 0.2) is 6.07 Å². The van der Waals surface area contributed by atoms with Gasteiger partial charge < -0.3 is 19.1 Å². The molecule has 0 aromatic heterocycles. The molecule has 0 atom stereocenters. The average molecular weight is 310 g/mol. The molecule has 8 heteroatoms. The number of nitro groups is 1. The number of hydrogen-bond donors (Lipinski definition) is 0. The van der Waals surface area contributed by atoms with E-state index < -0.39 is 16.5 Å². The first-order chi connectivity index (χ1) is 10.5. The molecule has 1 saturated heterocycles. The molecular weight excluding hydrogens is 292 g/mol. The summed E-state index contributed by atoms with van der Waals surface area (Å²) in [6.07, 6.45) is 1.79. The van der Waals surface area contributed by atoms with Crippen LogP contribution < -0.4 is 14.2 Å². The number of rotatable bonds is 5. The van der Waals surface area contributed by atoms with Gasteiger partial charge in [0.2, 0.25) is 11.5 Å². The predicted molar refractivity (Wildman–Crippen MR) is 77.9 cm³/mol. The van der Waals surface area contributed by atoms with Gasteiger partial charge in [-0.2, -0.15) is 0 Å². The van der Waals surface area contributed by atoms with E-state index in [0.717, 1.165) is 12.8 Å². The van der Waals surface area contributed by atoms with Gasteiger partial charge in [0, 0.05) is 19.2 Å². The van der Waals surface area contributed by atoms with Gasteiger partial charge in [0.05, 0.1) is 26.3 Å². The molecule has 1 aliphatic heterocycles. The number of amides is 1. The van der Waals surface area contributed by atoms with Crippen molar-refractivity contribution in [1.82, 2.24) is 4.90 Å². The Labute approximate surface area is 127 Å². The number of carbonyl (C=O) groups excluding carboxylic acids is 1. The molecule has 1 aromatic rings. The van der Waals surface area contributed by atoms with Crippen LogP contribution in [-0.2, 0) is 0 Å². The van der Waals surface area contributed by atoms with Crippen molar-refractivity contribution in [2.24, 2.45) is 0 Å². The van der Waals surface area contributed by atoms with E-state index in [-0.39, 0.29) is 22.8 Å². The summed E-state index contributed by atoms with van der Waals surface area (Å²) in [5.74, 6) is -0.208. The number of ether oxygens (including phenoxy) is 3. The minimum absolute atomic E-state index is 0.0543. The molecular formula is C14H18N2O6. The summed E-state index contributed by atoms with van der Waals surface area (Å²) in [6.45, 7) is 1.18. The lowest BCUT2D eigenvalue weighted by atomic mass is 10.1. The Morgan fingerprint density at radius 2 is 1.73 bits per heavy atom. The highest BCUT2D eigenvalue weighted by atomic mass is 16.6. The molecule has 1 aliphatic rings. The van der Waals surface area contributed by atoms with Gasteiger partial charge in [0.25, 0.3) is 5.91 Å². The molecule has 0 saturated carbocycles. The van der Waals surface area contributed by atoms with E-state index >= 15 is 0 Å². The number of carbonyl (C=O) groups is 1. The quantitative estimate of drug-likeness (QED) is 0.609. The lowest BCUT2D eigenvalue weighted by molar-refractivity contribution is -0.386. The van der Waals surface area contributed by atoms with Crippen molar-refractivity contribution in [3.63, 3.8) is 0 Å². The minimum atomic E-state index is -0.635. The van der Waals surface area contributed by atoms with Gasteiger partial charge in [-0.25, -0.2) is 0 Å². The van der Waals surface area contributed by atoms with E-state index in [1.807, 2.05) is 0 Å². The van der Waals surface area contributed by atoms with Gasteiger partial charge in [0.1, 0.15) is 5.56 Å². The first-order valence-electron chi connectivity index (χ1n) is 6.81. The van der Waals surface area contributed by atoms with Gasteiger partial charge in [-0.15, -0.1) is 0 Å². The van der Waals surface area contributed by atoms with Crippen molar-refractivity contribution in [3.05, 3.63) is 21.7 Å². The van der Waals surface area contributed by atoms with Crippen molar-refractivity contribution >= 4 is 11.6 Å². The summed E-state index contributed by atoms with van der Waals surface area (Å²) in [7, 11) is 4.04. The normalized spacial score (nSPS) is 13.9. The van der Waals surface area contributed by atoms with E-state index in [0.29, 0.717) is 13.1 Å². The average Bonchev–Trinajstić information content (AvgIpc) is 3.05. The maximum absolute atomic E-state index is 12.6. The third kappa shape index (κ3) is 2.63. The van der Waals surface area contributed by atoms with Crippen LogP contribution in [0.25, 0.3) is 0 Å². The fourth-order valence-corrected chi connectivity index (χ4v) is 2.58. The fourth-order valence-electron chi connectivity index (χ4n) is 2.58. The van der Waals surface area contributed by atoms with E-state index in [4.69, 9.17) is 14.2 Å². The van der Waals surface area contributed by atoms with Crippen LogP contribution in [0.3, 0.4) is 0 Å². The first kappa shape index (κ1) is 15.9. The topological polar surface area (TPSA) is 91.1 Å². The smallest absolute Gasteiger partial charge is 0.327 e. The summed E-state index contributed by atoms with van der Waals surface area (Å²) in [6, 6.07) is 1.33. The monoisotopic (exact) mass is 310 g/mol. The maximum Gasteiger partial charge on any atom is 0.327 e. The van der Waals surface area contributed by atoms with Gasteiger partial charge in [0.15, 0.2) is 5.75 Å². The minimum Gasteiger partial charge on any atom is -0.493 e. The fraction of sp³-hybridized carbons (Fsp3) is 0.500. The van der Waals surface area contributed by atoms with Crippen molar-refractivity contribution in [3.8, 4) is 17.2 Å². The molecule has 0 radical (unpaired) electrons.